The summed E-state index contributed by atoms with van der Waals surface area (Å²) in [7, 11) is 0. The first-order valence-electron chi connectivity index (χ1n) is 5.99. The lowest BCUT2D eigenvalue weighted by Gasteiger charge is -2.02. The van der Waals surface area contributed by atoms with Crippen molar-refractivity contribution in [1.82, 2.24) is 0 Å². The first-order valence-corrected chi connectivity index (χ1v) is 5.99. The maximum absolute atomic E-state index is 11.9. The molecule has 0 aliphatic heterocycles. The fourth-order valence-corrected chi connectivity index (χ4v) is 2.10. The molecule has 1 saturated carbocycles. The summed E-state index contributed by atoms with van der Waals surface area (Å²) in [5.41, 5.74) is 1.85. The monoisotopic (exact) mass is 232 g/mol. The van der Waals surface area contributed by atoms with Gasteiger partial charge in [-0.3, -0.25) is 9.59 Å². The van der Waals surface area contributed by atoms with Crippen molar-refractivity contribution in [3.8, 4) is 0 Å². The predicted octanol–water partition coefficient (Wildman–Crippen LogP) is 2.54. The molecule has 0 bridgehead atoms. The van der Waals surface area contributed by atoms with Gasteiger partial charge in [0.1, 0.15) is 0 Å². The van der Waals surface area contributed by atoms with Gasteiger partial charge in [0.2, 0.25) is 0 Å². The second-order valence-electron chi connectivity index (χ2n) is 4.60. The average molecular weight is 232 g/mol. The Morgan fingerprint density at radius 2 is 1.88 bits per heavy atom. The molecule has 1 aliphatic carbocycles. The normalized spacial score (nSPS) is 22.2. The summed E-state index contributed by atoms with van der Waals surface area (Å²) in [5, 5.41) is 8.78. The summed E-state index contributed by atoms with van der Waals surface area (Å²) in [6, 6.07) is 7.53. The second-order valence-corrected chi connectivity index (χ2v) is 4.60. The number of benzene rings is 1. The molecule has 1 N–H and O–H groups in total. The van der Waals surface area contributed by atoms with Gasteiger partial charge >= 0.3 is 5.97 Å². The van der Waals surface area contributed by atoms with E-state index in [-0.39, 0.29) is 11.7 Å². The molecular formula is C14H16O3. The molecule has 0 saturated heterocycles. The van der Waals surface area contributed by atoms with Crippen molar-refractivity contribution in [2.75, 3.05) is 0 Å². The number of ketones is 1. The van der Waals surface area contributed by atoms with Crippen LogP contribution in [-0.2, 0) is 11.2 Å². The fourth-order valence-electron chi connectivity index (χ4n) is 2.10. The van der Waals surface area contributed by atoms with E-state index in [4.69, 9.17) is 5.11 Å². The quantitative estimate of drug-likeness (QED) is 0.794. The Morgan fingerprint density at radius 1 is 1.24 bits per heavy atom. The fraction of sp³-hybridized carbons (Fsp3) is 0.429. The molecule has 0 radical (unpaired) electrons. The maximum Gasteiger partial charge on any atom is 0.307 e. The van der Waals surface area contributed by atoms with E-state index >= 15 is 0 Å². The summed E-state index contributed by atoms with van der Waals surface area (Å²) >= 11 is 0. The van der Waals surface area contributed by atoms with Gasteiger partial charge in [0.25, 0.3) is 0 Å². The minimum Gasteiger partial charge on any atom is -0.481 e. The highest BCUT2D eigenvalue weighted by atomic mass is 16.4. The molecule has 0 aromatic heterocycles. The highest BCUT2D eigenvalue weighted by molar-refractivity contribution is 6.02. The minimum atomic E-state index is -0.856. The Hall–Kier alpha value is -1.64. The summed E-state index contributed by atoms with van der Waals surface area (Å²) in [6.45, 7) is 2.11. The van der Waals surface area contributed by atoms with Crippen molar-refractivity contribution in [2.45, 2.75) is 26.2 Å². The van der Waals surface area contributed by atoms with E-state index in [9.17, 15) is 9.59 Å². The predicted molar refractivity (Wildman–Crippen MR) is 64.0 cm³/mol. The van der Waals surface area contributed by atoms with E-state index in [1.54, 1.807) is 0 Å². The number of carbonyl (C=O) groups excluding carboxylic acids is 1. The molecule has 1 fully saturated rings. The zero-order valence-electron chi connectivity index (χ0n) is 9.85. The highest BCUT2D eigenvalue weighted by Crippen LogP contribution is 2.41. The van der Waals surface area contributed by atoms with Crippen molar-refractivity contribution in [1.29, 1.82) is 0 Å². The first-order chi connectivity index (χ1) is 8.13. The van der Waals surface area contributed by atoms with E-state index in [0.717, 1.165) is 12.8 Å². The van der Waals surface area contributed by atoms with E-state index in [0.29, 0.717) is 12.0 Å². The second kappa shape index (κ2) is 4.70. The van der Waals surface area contributed by atoms with Crippen LogP contribution in [0.2, 0.25) is 0 Å². The van der Waals surface area contributed by atoms with Crippen molar-refractivity contribution in [2.24, 2.45) is 11.8 Å². The van der Waals surface area contributed by atoms with Crippen molar-refractivity contribution >= 4 is 11.8 Å². The van der Waals surface area contributed by atoms with E-state index in [1.165, 1.54) is 5.56 Å². The molecule has 0 spiro atoms. The Morgan fingerprint density at radius 3 is 2.35 bits per heavy atom. The van der Waals surface area contributed by atoms with Crippen LogP contribution >= 0.6 is 0 Å². The van der Waals surface area contributed by atoms with Gasteiger partial charge in [-0.05, 0) is 18.4 Å². The smallest absolute Gasteiger partial charge is 0.307 e. The van der Waals surface area contributed by atoms with Crippen LogP contribution < -0.4 is 0 Å². The Kier molecular flexibility index (Phi) is 3.27. The highest BCUT2D eigenvalue weighted by Gasteiger charge is 2.48. The van der Waals surface area contributed by atoms with Gasteiger partial charge in [-0.25, -0.2) is 0 Å². The van der Waals surface area contributed by atoms with Gasteiger partial charge in [-0.1, -0.05) is 37.6 Å². The van der Waals surface area contributed by atoms with Crippen LogP contribution in [0.1, 0.15) is 35.7 Å². The molecule has 1 aliphatic rings. The molecule has 90 valence electrons. The molecule has 3 heteroatoms. The van der Waals surface area contributed by atoms with Gasteiger partial charge in [0.05, 0.1) is 5.92 Å². The van der Waals surface area contributed by atoms with Gasteiger partial charge in [-0.2, -0.15) is 0 Å². The van der Waals surface area contributed by atoms with Crippen LogP contribution in [0.3, 0.4) is 0 Å². The summed E-state index contributed by atoms with van der Waals surface area (Å²) < 4.78 is 0. The number of hydrogen-bond acceptors (Lipinski definition) is 2. The van der Waals surface area contributed by atoms with E-state index in [1.807, 2.05) is 24.3 Å². The van der Waals surface area contributed by atoms with E-state index < -0.39 is 11.9 Å². The number of carbonyl (C=O) groups is 2. The Balaban J connectivity index is 2.03. The molecule has 0 amide bonds. The van der Waals surface area contributed by atoms with Crippen molar-refractivity contribution < 1.29 is 14.7 Å². The molecule has 17 heavy (non-hydrogen) atoms. The summed E-state index contributed by atoms with van der Waals surface area (Å²) in [5.74, 6) is -1.64. The number of Topliss-reactive ketones (excluding diaryl/α,β-unsaturated/α-hetero) is 1. The Bertz CT molecular complexity index is 433. The summed E-state index contributed by atoms with van der Waals surface area (Å²) in [4.78, 5) is 22.6. The third kappa shape index (κ3) is 2.54. The van der Waals surface area contributed by atoms with Crippen LogP contribution in [0.4, 0.5) is 0 Å². The van der Waals surface area contributed by atoms with Crippen LogP contribution in [0.5, 0.6) is 0 Å². The van der Waals surface area contributed by atoms with Gasteiger partial charge < -0.3 is 5.11 Å². The van der Waals surface area contributed by atoms with Crippen LogP contribution in [0, 0.1) is 11.8 Å². The maximum atomic E-state index is 11.9. The number of aliphatic carboxylic acids is 1. The lowest BCUT2D eigenvalue weighted by Crippen LogP contribution is -2.08. The van der Waals surface area contributed by atoms with Gasteiger partial charge in [0, 0.05) is 11.5 Å². The van der Waals surface area contributed by atoms with E-state index in [2.05, 4.69) is 6.92 Å². The Labute approximate surface area is 100 Å². The van der Waals surface area contributed by atoms with Gasteiger partial charge in [-0.15, -0.1) is 0 Å². The largest absolute Gasteiger partial charge is 0.481 e. The molecule has 3 nitrogen and oxygen atoms in total. The number of carboxylic acid groups (broad SMARTS) is 1. The lowest BCUT2D eigenvalue weighted by molar-refractivity contribution is -0.138. The third-order valence-electron chi connectivity index (χ3n) is 3.22. The van der Waals surface area contributed by atoms with Crippen LogP contribution in [-0.4, -0.2) is 16.9 Å². The van der Waals surface area contributed by atoms with Crippen molar-refractivity contribution in [3.05, 3.63) is 35.4 Å². The molecule has 2 atom stereocenters. The van der Waals surface area contributed by atoms with Crippen LogP contribution in [0.25, 0.3) is 0 Å². The summed E-state index contributed by atoms with van der Waals surface area (Å²) in [6.07, 6.45) is 2.58. The van der Waals surface area contributed by atoms with Crippen molar-refractivity contribution in [3.63, 3.8) is 0 Å². The minimum absolute atomic E-state index is 0.0274. The van der Waals surface area contributed by atoms with Gasteiger partial charge in [0.15, 0.2) is 5.78 Å². The molecule has 1 aromatic rings. The number of carboxylic acids is 1. The molecular weight excluding hydrogens is 216 g/mol. The SMILES string of the molecule is CCCc1ccc(C(=O)[C@H]2C[C@H]2C(=O)O)cc1. The first kappa shape index (κ1) is 11.8. The lowest BCUT2D eigenvalue weighted by atomic mass is 10.0. The standard InChI is InChI=1S/C14H16O3/c1-2-3-9-4-6-10(7-5-9)13(15)11-8-12(11)14(16)17/h4-7,11-12H,2-3,8H2,1H3,(H,16,17)/t11-,12+/m0/s1. The molecule has 0 heterocycles. The molecule has 1 aromatic carbocycles. The van der Waals surface area contributed by atoms with Crippen LogP contribution in [0.15, 0.2) is 24.3 Å². The zero-order valence-corrected chi connectivity index (χ0v) is 9.85. The molecule has 0 unspecified atom stereocenters. The number of aryl methyl sites for hydroxylation is 1. The molecule has 2 rings (SSSR count). The zero-order chi connectivity index (χ0) is 12.4. The number of hydrogen-bond donors (Lipinski definition) is 1. The third-order valence-corrected chi connectivity index (χ3v) is 3.22. The number of rotatable bonds is 5. The average Bonchev–Trinajstić information content (AvgIpc) is 3.09. The topological polar surface area (TPSA) is 54.4 Å².